The molecule has 2 saturated heterocycles. The molecule has 0 unspecified atom stereocenters. The Morgan fingerprint density at radius 1 is 1.16 bits per heavy atom. The van der Waals surface area contributed by atoms with E-state index < -0.39 is 17.9 Å². The Bertz CT molecular complexity index is 632. The van der Waals surface area contributed by atoms with Gasteiger partial charge in [-0.3, -0.25) is 4.79 Å². The van der Waals surface area contributed by atoms with Crippen molar-refractivity contribution in [2.45, 2.75) is 44.6 Å². The van der Waals surface area contributed by atoms with Crippen molar-refractivity contribution in [1.82, 2.24) is 10.6 Å². The maximum absolute atomic E-state index is 13.7. The molecule has 3 N–H and O–H groups in total. The molecule has 6 nitrogen and oxygen atoms in total. The molecule has 2 aliphatic rings. The van der Waals surface area contributed by atoms with E-state index in [1.165, 1.54) is 18.6 Å². The van der Waals surface area contributed by atoms with E-state index in [0.29, 0.717) is 18.7 Å². The van der Waals surface area contributed by atoms with Crippen LogP contribution >= 0.6 is 0 Å². The summed E-state index contributed by atoms with van der Waals surface area (Å²) in [5, 5.41) is 8.22. The topological polar surface area (TPSA) is 73.5 Å². The Morgan fingerprint density at radius 3 is 2.76 bits per heavy atom. The predicted molar refractivity (Wildman–Crippen MR) is 95.3 cm³/mol. The van der Waals surface area contributed by atoms with E-state index in [-0.39, 0.29) is 5.91 Å². The number of nitrogens with one attached hydrogen (secondary N) is 3. The number of rotatable bonds is 3. The fourth-order valence-corrected chi connectivity index (χ4v) is 3.41. The van der Waals surface area contributed by atoms with Crippen molar-refractivity contribution in [2.24, 2.45) is 0 Å². The third-order valence-electron chi connectivity index (χ3n) is 4.74. The lowest BCUT2D eigenvalue weighted by molar-refractivity contribution is -0.122. The van der Waals surface area contributed by atoms with Crippen LogP contribution < -0.4 is 20.9 Å². The molecule has 2 heterocycles. The molecule has 3 amide bonds. The molecular weight excluding hydrogens is 323 g/mol. The molecule has 7 heteroatoms. The first-order valence-electron chi connectivity index (χ1n) is 9.03. The largest absolute Gasteiger partial charge is 0.370 e. The van der Waals surface area contributed by atoms with E-state index in [0.717, 1.165) is 44.5 Å². The SMILES string of the molecule is O=C(Nc1cc(F)ccc1N1CCCCC1)N[C@@H]1CCCCNC1=O. The van der Waals surface area contributed by atoms with Crippen LogP contribution in [-0.2, 0) is 4.79 Å². The number of halogens is 1. The zero-order valence-corrected chi connectivity index (χ0v) is 14.3. The first kappa shape index (κ1) is 17.5. The summed E-state index contributed by atoms with van der Waals surface area (Å²) in [6, 6.07) is 3.41. The minimum absolute atomic E-state index is 0.164. The first-order chi connectivity index (χ1) is 12.1. The second kappa shape index (κ2) is 8.18. The van der Waals surface area contributed by atoms with E-state index in [1.54, 1.807) is 6.07 Å². The molecular formula is C18H25FN4O2. The number of piperidine rings is 1. The van der Waals surface area contributed by atoms with Gasteiger partial charge in [0.15, 0.2) is 0 Å². The molecule has 25 heavy (non-hydrogen) atoms. The van der Waals surface area contributed by atoms with Gasteiger partial charge in [0.25, 0.3) is 0 Å². The highest BCUT2D eigenvalue weighted by Crippen LogP contribution is 2.29. The van der Waals surface area contributed by atoms with Crippen LogP contribution in [0.5, 0.6) is 0 Å². The average molecular weight is 348 g/mol. The molecule has 1 aromatic carbocycles. The van der Waals surface area contributed by atoms with Gasteiger partial charge in [-0.15, -0.1) is 0 Å². The zero-order chi connectivity index (χ0) is 17.6. The van der Waals surface area contributed by atoms with Crippen molar-refractivity contribution in [3.63, 3.8) is 0 Å². The molecule has 1 atom stereocenters. The highest BCUT2D eigenvalue weighted by molar-refractivity contribution is 5.96. The van der Waals surface area contributed by atoms with E-state index in [9.17, 15) is 14.0 Å². The summed E-state index contributed by atoms with van der Waals surface area (Å²) in [6.45, 7) is 2.43. The number of carbonyl (C=O) groups excluding carboxylic acids is 2. The van der Waals surface area contributed by atoms with E-state index in [2.05, 4.69) is 20.9 Å². The summed E-state index contributed by atoms with van der Waals surface area (Å²) < 4.78 is 13.7. The molecule has 2 fully saturated rings. The van der Waals surface area contributed by atoms with E-state index in [1.807, 2.05) is 0 Å². The van der Waals surface area contributed by atoms with Gasteiger partial charge in [-0.25, -0.2) is 9.18 Å². The third kappa shape index (κ3) is 4.61. The molecule has 2 aliphatic heterocycles. The molecule has 0 aliphatic carbocycles. The van der Waals surface area contributed by atoms with Gasteiger partial charge in [-0.05, 0) is 56.7 Å². The monoisotopic (exact) mass is 348 g/mol. The van der Waals surface area contributed by atoms with Crippen LogP contribution in [0.4, 0.5) is 20.6 Å². The number of urea groups is 1. The highest BCUT2D eigenvalue weighted by atomic mass is 19.1. The molecule has 0 radical (unpaired) electrons. The molecule has 0 saturated carbocycles. The molecule has 0 bridgehead atoms. The van der Waals surface area contributed by atoms with Crippen LogP contribution in [0.15, 0.2) is 18.2 Å². The van der Waals surface area contributed by atoms with Crippen LogP contribution in [0.25, 0.3) is 0 Å². The molecule has 0 aromatic heterocycles. The van der Waals surface area contributed by atoms with Crippen molar-refractivity contribution in [3.05, 3.63) is 24.0 Å². The Morgan fingerprint density at radius 2 is 1.96 bits per heavy atom. The molecule has 136 valence electrons. The lowest BCUT2D eigenvalue weighted by atomic mass is 10.1. The quantitative estimate of drug-likeness (QED) is 0.786. The fourth-order valence-electron chi connectivity index (χ4n) is 3.41. The van der Waals surface area contributed by atoms with Gasteiger partial charge in [0.2, 0.25) is 5.91 Å². The lowest BCUT2D eigenvalue weighted by Gasteiger charge is -2.30. The Kier molecular flexibility index (Phi) is 5.73. The summed E-state index contributed by atoms with van der Waals surface area (Å²) in [4.78, 5) is 26.5. The van der Waals surface area contributed by atoms with E-state index >= 15 is 0 Å². The first-order valence-corrected chi connectivity index (χ1v) is 9.03. The number of hydrogen-bond acceptors (Lipinski definition) is 3. The van der Waals surface area contributed by atoms with Gasteiger partial charge in [-0.1, -0.05) is 0 Å². The number of nitrogens with zero attached hydrogens (tertiary/aromatic N) is 1. The number of anilines is 2. The zero-order valence-electron chi connectivity index (χ0n) is 14.3. The maximum Gasteiger partial charge on any atom is 0.319 e. The van der Waals surface area contributed by atoms with Gasteiger partial charge in [-0.2, -0.15) is 0 Å². The summed E-state index contributed by atoms with van der Waals surface area (Å²) in [5.41, 5.74) is 1.26. The Hall–Kier alpha value is -2.31. The predicted octanol–water partition coefficient (Wildman–Crippen LogP) is 2.61. The van der Waals surface area contributed by atoms with Crippen molar-refractivity contribution >= 4 is 23.3 Å². The van der Waals surface area contributed by atoms with Crippen LogP contribution in [0.2, 0.25) is 0 Å². The normalized spacial score (nSPS) is 21.2. The highest BCUT2D eigenvalue weighted by Gasteiger charge is 2.23. The maximum atomic E-state index is 13.7. The second-order valence-corrected chi connectivity index (χ2v) is 6.65. The fraction of sp³-hybridized carbons (Fsp3) is 0.556. The summed E-state index contributed by atoms with van der Waals surface area (Å²) in [6.07, 6.45) is 5.77. The van der Waals surface area contributed by atoms with Crippen molar-refractivity contribution in [1.29, 1.82) is 0 Å². The Labute approximate surface area is 147 Å². The van der Waals surface area contributed by atoms with Crippen LogP contribution in [-0.4, -0.2) is 37.6 Å². The summed E-state index contributed by atoms with van der Waals surface area (Å²) in [5.74, 6) is -0.564. The number of hydrogen-bond donors (Lipinski definition) is 3. The van der Waals surface area contributed by atoms with Gasteiger partial charge in [0, 0.05) is 19.6 Å². The number of benzene rings is 1. The minimum atomic E-state index is -0.547. The van der Waals surface area contributed by atoms with Gasteiger partial charge in [0.1, 0.15) is 11.9 Å². The van der Waals surface area contributed by atoms with Gasteiger partial charge < -0.3 is 20.9 Å². The van der Waals surface area contributed by atoms with Crippen molar-refractivity contribution < 1.29 is 14.0 Å². The summed E-state index contributed by atoms with van der Waals surface area (Å²) in [7, 11) is 0. The standard InChI is InChI=1S/C18H25FN4O2/c19-13-7-8-16(23-10-4-1-5-11-23)15(12-13)22-18(25)21-14-6-2-3-9-20-17(14)24/h7-8,12,14H,1-6,9-11H2,(H,20,24)(H2,21,22,25)/t14-/m1/s1. The molecule has 0 spiro atoms. The van der Waals surface area contributed by atoms with Gasteiger partial charge in [0.05, 0.1) is 11.4 Å². The third-order valence-corrected chi connectivity index (χ3v) is 4.74. The van der Waals surface area contributed by atoms with Crippen molar-refractivity contribution in [3.8, 4) is 0 Å². The lowest BCUT2D eigenvalue weighted by Crippen LogP contribution is -2.47. The van der Waals surface area contributed by atoms with Crippen LogP contribution in [0.3, 0.4) is 0 Å². The smallest absolute Gasteiger partial charge is 0.319 e. The molecule has 1 aromatic rings. The minimum Gasteiger partial charge on any atom is -0.370 e. The number of carbonyl (C=O) groups is 2. The van der Waals surface area contributed by atoms with Crippen LogP contribution in [0.1, 0.15) is 38.5 Å². The average Bonchev–Trinajstić information content (AvgIpc) is 2.80. The van der Waals surface area contributed by atoms with Crippen molar-refractivity contribution in [2.75, 3.05) is 29.9 Å². The van der Waals surface area contributed by atoms with E-state index in [4.69, 9.17) is 0 Å². The summed E-state index contributed by atoms with van der Waals surface area (Å²) >= 11 is 0. The van der Waals surface area contributed by atoms with Crippen LogP contribution in [0, 0.1) is 5.82 Å². The molecule has 3 rings (SSSR count). The number of amides is 3. The second-order valence-electron chi connectivity index (χ2n) is 6.65. The van der Waals surface area contributed by atoms with Gasteiger partial charge >= 0.3 is 6.03 Å². The Balaban J connectivity index is 1.69.